The van der Waals surface area contributed by atoms with Gasteiger partial charge in [-0.25, -0.2) is 0 Å². The van der Waals surface area contributed by atoms with E-state index >= 15 is 0 Å². The fraction of sp³-hybridized carbons (Fsp3) is 0.533. The molecular weight excluding hydrogens is 262 g/mol. The Balaban J connectivity index is 1.73. The molecule has 1 fully saturated rings. The van der Waals surface area contributed by atoms with Crippen LogP contribution in [0.3, 0.4) is 0 Å². The first-order valence-corrected chi connectivity index (χ1v) is 7.19. The average molecular weight is 282 g/mol. The van der Waals surface area contributed by atoms with Gasteiger partial charge in [-0.15, -0.1) is 0 Å². The molecule has 0 saturated heterocycles. The molecule has 1 aliphatic carbocycles. The van der Waals surface area contributed by atoms with E-state index < -0.39 is 5.60 Å². The standard InChI is InChI=1S/C15H20ClNO2/c16-13-5-3-4-12(10-13)6-7-14(18)17-11-15(19)8-1-2-9-15/h3-5,10,19H,1-2,6-9,11H2,(H,17,18). The normalized spacial score (nSPS) is 17.4. The third-order valence-corrected chi connectivity index (χ3v) is 3.91. The maximum atomic E-state index is 11.7. The number of rotatable bonds is 5. The molecule has 104 valence electrons. The molecule has 0 atom stereocenters. The monoisotopic (exact) mass is 281 g/mol. The molecule has 4 heteroatoms. The summed E-state index contributed by atoms with van der Waals surface area (Å²) in [6.07, 6.45) is 4.79. The summed E-state index contributed by atoms with van der Waals surface area (Å²) in [4.78, 5) is 11.7. The number of carbonyl (C=O) groups is 1. The lowest BCUT2D eigenvalue weighted by molar-refractivity contribution is -0.122. The zero-order valence-electron chi connectivity index (χ0n) is 11.0. The van der Waals surface area contributed by atoms with E-state index in [1.165, 1.54) is 0 Å². The molecule has 19 heavy (non-hydrogen) atoms. The van der Waals surface area contributed by atoms with E-state index in [0.29, 0.717) is 24.4 Å². The highest BCUT2D eigenvalue weighted by atomic mass is 35.5. The van der Waals surface area contributed by atoms with Crippen LogP contribution in [-0.2, 0) is 11.2 Å². The van der Waals surface area contributed by atoms with Crippen LogP contribution in [0.4, 0.5) is 0 Å². The van der Waals surface area contributed by atoms with Crippen LogP contribution >= 0.6 is 11.6 Å². The smallest absolute Gasteiger partial charge is 0.220 e. The summed E-state index contributed by atoms with van der Waals surface area (Å²) in [7, 11) is 0. The molecule has 1 aromatic rings. The molecular formula is C15H20ClNO2. The van der Waals surface area contributed by atoms with Gasteiger partial charge < -0.3 is 10.4 Å². The van der Waals surface area contributed by atoms with Crippen LogP contribution in [0.2, 0.25) is 5.02 Å². The van der Waals surface area contributed by atoms with Gasteiger partial charge in [0, 0.05) is 18.0 Å². The maximum Gasteiger partial charge on any atom is 0.220 e. The van der Waals surface area contributed by atoms with Crippen molar-refractivity contribution in [1.82, 2.24) is 5.32 Å². The second-order valence-corrected chi connectivity index (χ2v) is 5.77. The van der Waals surface area contributed by atoms with Crippen LogP contribution in [0.5, 0.6) is 0 Å². The highest BCUT2D eigenvalue weighted by Gasteiger charge is 2.31. The van der Waals surface area contributed by atoms with E-state index in [1.807, 2.05) is 24.3 Å². The molecule has 0 aliphatic heterocycles. The van der Waals surface area contributed by atoms with Gasteiger partial charge in [0.1, 0.15) is 0 Å². The second-order valence-electron chi connectivity index (χ2n) is 5.34. The van der Waals surface area contributed by atoms with Crippen molar-refractivity contribution in [2.45, 2.75) is 44.1 Å². The van der Waals surface area contributed by atoms with Crippen LogP contribution in [0, 0.1) is 0 Å². The number of aryl methyl sites for hydroxylation is 1. The van der Waals surface area contributed by atoms with Gasteiger partial charge in [0.25, 0.3) is 0 Å². The largest absolute Gasteiger partial charge is 0.388 e. The first-order chi connectivity index (χ1) is 9.07. The Morgan fingerprint density at radius 1 is 1.37 bits per heavy atom. The van der Waals surface area contributed by atoms with Gasteiger partial charge in [0.15, 0.2) is 0 Å². The lowest BCUT2D eigenvalue weighted by Gasteiger charge is -2.22. The first kappa shape index (κ1) is 14.4. The number of carbonyl (C=O) groups excluding carboxylic acids is 1. The Morgan fingerprint density at radius 2 is 2.11 bits per heavy atom. The predicted octanol–water partition coefficient (Wildman–Crippen LogP) is 2.69. The molecule has 0 spiro atoms. The number of halogens is 1. The summed E-state index contributed by atoms with van der Waals surface area (Å²) in [5.74, 6) is -0.0136. The van der Waals surface area contributed by atoms with Crippen molar-refractivity contribution in [1.29, 1.82) is 0 Å². The minimum atomic E-state index is -0.675. The fourth-order valence-corrected chi connectivity index (χ4v) is 2.72. The van der Waals surface area contributed by atoms with Gasteiger partial charge in [0.05, 0.1) is 5.60 Å². The van der Waals surface area contributed by atoms with Gasteiger partial charge >= 0.3 is 0 Å². The molecule has 0 aromatic heterocycles. The van der Waals surface area contributed by atoms with Gasteiger partial charge in [-0.05, 0) is 37.0 Å². The SMILES string of the molecule is O=C(CCc1cccc(Cl)c1)NCC1(O)CCCC1. The van der Waals surface area contributed by atoms with Crippen molar-refractivity contribution in [3.05, 3.63) is 34.9 Å². The van der Waals surface area contributed by atoms with Crippen molar-refractivity contribution in [2.75, 3.05) is 6.54 Å². The van der Waals surface area contributed by atoms with Crippen molar-refractivity contribution < 1.29 is 9.90 Å². The third-order valence-electron chi connectivity index (χ3n) is 3.68. The molecule has 1 saturated carbocycles. The Morgan fingerprint density at radius 3 is 2.79 bits per heavy atom. The summed E-state index contributed by atoms with van der Waals surface area (Å²) in [5.41, 5.74) is 0.383. The number of nitrogens with one attached hydrogen (secondary N) is 1. The minimum Gasteiger partial charge on any atom is -0.388 e. The average Bonchev–Trinajstić information content (AvgIpc) is 2.82. The molecule has 1 aromatic carbocycles. The summed E-state index contributed by atoms with van der Waals surface area (Å²) >= 11 is 5.89. The van der Waals surface area contributed by atoms with Crippen molar-refractivity contribution in [3.8, 4) is 0 Å². The zero-order chi connectivity index (χ0) is 13.7. The molecule has 0 bridgehead atoms. The summed E-state index contributed by atoms with van der Waals surface area (Å²) < 4.78 is 0. The summed E-state index contributed by atoms with van der Waals surface area (Å²) in [6, 6.07) is 7.54. The lowest BCUT2D eigenvalue weighted by atomic mass is 10.0. The van der Waals surface area contributed by atoms with Gasteiger partial charge in [0.2, 0.25) is 5.91 Å². The van der Waals surface area contributed by atoms with Crippen molar-refractivity contribution in [3.63, 3.8) is 0 Å². The van der Waals surface area contributed by atoms with Gasteiger partial charge in [-0.2, -0.15) is 0 Å². The van der Waals surface area contributed by atoms with Crippen molar-refractivity contribution in [2.24, 2.45) is 0 Å². The van der Waals surface area contributed by atoms with Crippen LogP contribution in [0.1, 0.15) is 37.7 Å². The predicted molar refractivity (Wildman–Crippen MR) is 76.2 cm³/mol. The molecule has 0 unspecified atom stereocenters. The minimum absolute atomic E-state index is 0.0136. The van der Waals surface area contributed by atoms with Crippen LogP contribution < -0.4 is 5.32 Å². The Bertz CT molecular complexity index is 442. The number of hydrogen-bond acceptors (Lipinski definition) is 2. The fourth-order valence-electron chi connectivity index (χ4n) is 2.51. The number of benzene rings is 1. The van der Waals surface area contributed by atoms with E-state index in [-0.39, 0.29) is 5.91 Å². The molecule has 2 N–H and O–H groups in total. The maximum absolute atomic E-state index is 11.7. The van der Waals surface area contributed by atoms with Crippen LogP contribution in [-0.4, -0.2) is 23.2 Å². The van der Waals surface area contributed by atoms with E-state index in [4.69, 9.17) is 11.6 Å². The highest BCUT2D eigenvalue weighted by Crippen LogP contribution is 2.28. The Kier molecular flexibility index (Phi) is 4.83. The lowest BCUT2D eigenvalue weighted by Crippen LogP contribution is -2.40. The summed E-state index contributed by atoms with van der Waals surface area (Å²) in [5, 5.41) is 13.7. The van der Waals surface area contributed by atoms with Crippen molar-refractivity contribution >= 4 is 17.5 Å². The third kappa shape index (κ3) is 4.51. The topological polar surface area (TPSA) is 49.3 Å². The Labute approximate surface area is 119 Å². The quantitative estimate of drug-likeness (QED) is 0.872. The van der Waals surface area contributed by atoms with Crippen LogP contribution in [0.15, 0.2) is 24.3 Å². The van der Waals surface area contributed by atoms with E-state index in [0.717, 1.165) is 31.2 Å². The van der Waals surface area contributed by atoms with Gasteiger partial charge in [-0.1, -0.05) is 36.6 Å². The highest BCUT2D eigenvalue weighted by molar-refractivity contribution is 6.30. The molecule has 0 heterocycles. The first-order valence-electron chi connectivity index (χ1n) is 6.81. The van der Waals surface area contributed by atoms with E-state index in [2.05, 4.69) is 5.32 Å². The zero-order valence-corrected chi connectivity index (χ0v) is 11.7. The number of hydrogen-bond donors (Lipinski definition) is 2. The molecule has 0 radical (unpaired) electrons. The van der Waals surface area contributed by atoms with E-state index in [9.17, 15) is 9.90 Å². The molecule has 1 amide bonds. The molecule has 2 rings (SSSR count). The summed E-state index contributed by atoms with van der Waals surface area (Å²) in [6.45, 7) is 0.376. The Hall–Kier alpha value is -1.06. The number of aliphatic hydroxyl groups is 1. The van der Waals surface area contributed by atoms with Crippen LogP contribution in [0.25, 0.3) is 0 Å². The number of amides is 1. The van der Waals surface area contributed by atoms with Gasteiger partial charge in [-0.3, -0.25) is 4.79 Å². The second kappa shape index (κ2) is 6.40. The molecule has 1 aliphatic rings. The van der Waals surface area contributed by atoms with E-state index in [1.54, 1.807) is 0 Å². The molecule has 3 nitrogen and oxygen atoms in total.